The zero-order valence-electron chi connectivity index (χ0n) is 18.0. The molecule has 1 amide bonds. The van der Waals surface area contributed by atoms with E-state index in [2.05, 4.69) is 30.4 Å². The lowest BCUT2D eigenvalue weighted by molar-refractivity contribution is -0.274. The number of pyridine rings is 1. The van der Waals surface area contributed by atoms with Crippen LogP contribution in [-0.4, -0.2) is 58.3 Å². The first-order valence-corrected chi connectivity index (χ1v) is 10.1. The van der Waals surface area contributed by atoms with E-state index in [1.54, 1.807) is 18.2 Å². The number of carbonyl (C=O) groups excluding carboxylic acids is 1. The van der Waals surface area contributed by atoms with Crippen molar-refractivity contribution in [2.24, 2.45) is 0 Å². The average molecular weight is 478 g/mol. The lowest BCUT2D eigenvalue weighted by Crippen LogP contribution is -2.36. The van der Waals surface area contributed by atoms with Crippen LogP contribution in [0.25, 0.3) is 5.82 Å². The number of aromatic nitrogens is 4. The molecule has 1 aliphatic rings. The van der Waals surface area contributed by atoms with Crippen LogP contribution in [0.4, 0.5) is 42.1 Å². The number of ether oxygens (including phenoxy) is 2. The normalized spacial score (nSPS) is 14.1. The third-order valence-corrected chi connectivity index (χ3v) is 4.73. The quantitative estimate of drug-likeness (QED) is 0.489. The minimum atomic E-state index is -4.98. The van der Waals surface area contributed by atoms with E-state index in [1.165, 1.54) is 23.9 Å². The van der Waals surface area contributed by atoms with Gasteiger partial charge in [-0.25, -0.2) is 4.98 Å². The first-order chi connectivity index (χ1) is 16.2. The van der Waals surface area contributed by atoms with E-state index in [1.807, 2.05) is 4.90 Å². The predicted molar refractivity (Wildman–Crippen MR) is 117 cm³/mol. The number of halogens is 3. The van der Waals surface area contributed by atoms with Crippen molar-refractivity contribution in [3.05, 3.63) is 36.5 Å². The van der Waals surface area contributed by atoms with Crippen LogP contribution in [0.2, 0.25) is 0 Å². The number of benzene rings is 1. The molecule has 0 spiro atoms. The zero-order chi connectivity index (χ0) is 24.3. The first-order valence-electron chi connectivity index (χ1n) is 10.1. The average Bonchev–Trinajstić information content (AvgIpc) is 3.15. The zero-order valence-corrected chi connectivity index (χ0v) is 18.0. The molecule has 3 aromatic rings. The van der Waals surface area contributed by atoms with E-state index in [0.29, 0.717) is 37.8 Å². The van der Waals surface area contributed by atoms with Gasteiger partial charge in [-0.1, -0.05) is 6.07 Å². The van der Waals surface area contributed by atoms with Crippen molar-refractivity contribution < 1.29 is 27.4 Å². The SMILES string of the molecule is CC(=O)Nc1cc(OC(F)(F)F)c(Nc2nc(N)n(-c3ccccn3)n2)cc1N1CCOCC1. The molecule has 0 atom stereocenters. The highest BCUT2D eigenvalue weighted by Gasteiger charge is 2.33. The fourth-order valence-corrected chi connectivity index (χ4v) is 3.38. The molecule has 180 valence electrons. The van der Waals surface area contributed by atoms with Gasteiger partial charge in [0.05, 0.1) is 30.3 Å². The lowest BCUT2D eigenvalue weighted by atomic mass is 10.1. The van der Waals surface area contributed by atoms with Crippen molar-refractivity contribution in [3.8, 4) is 11.6 Å². The third kappa shape index (κ3) is 5.46. The highest BCUT2D eigenvalue weighted by atomic mass is 19.4. The smallest absolute Gasteiger partial charge is 0.403 e. The summed E-state index contributed by atoms with van der Waals surface area (Å²) < 4.78 is 50.3. The monoisotopic (exact) mass is 478 g/mol. The number of hydrogen-bond donors (Lipinski definition) is 3. The van der Waals surface area contributed by atoms with Gasteiger partial charge in [0, 0.05) is 32.3 Å². The summed E-state index contributed by atoms with van der Waals surface area (Å²) in [6.07, 6.45) is -3.45. The minimum absolute atomic E-state index is 0.0252. The molecule has 0 radical (unpaired) electrons. The lowest BCUT2D eigenvalue weighted by Gasteiger charge is -2.31. The second-order valence-electron chi connectivity index (χ2n) is 7.21. The van der Waals surface area contributed by atoms with Gasteiger partial charge in [-0.2, -0.15) is 9.67 Å². The summed E-state index contributed by atoms with van der Waals surface area (Å²) in [6.45, 7) is 3.07. The summed E-state index contributed by atoms with van der Waals surface area (Å²) in [5.74, 6) is -0.752. The van der Waals surface area contributed by atoms with Crippen molar-refractivity contribution in [3.63, 3.8) is 0 Å². The number of hydrogen-bond acceptors (Lipinski definition) is 9. The molecule has 1 aromatic carbocycles. The Kier molecular flexibility index (Phi) is 6.40. The Bertz CT molecular complexity index is 1160. The Morgan fingerprint density at radius 2 is 1.97 bits per heavy atom. The summed E-state index contributed by atoms with van der Waals surface area (Å²) >= 11 is 0. The summed E-state index contributed by atoms with van der Waals surface area (Å²) in [6, 6.07) is 7.60. The van der Waals surface area contributed by atoms with Crippen LogP contribution >= 0.6 is 0 Å². The van der Waals surface area contributed by atoms with Crippen LogP contribution in [0.1, 0.15) is 6.92 Å². The van der Waals surface area contributed by atoms with Crippen molar-refractivity contribution in [2.45, 2.75) is 13.3 Å². The second kappa shape index (κ2) is 9.43. The van der Waals surface area contributed by atoms with Crippen molar-refractivity contribution in [1.82, 2.24) is 19.7 Å². The number of nitrogen functional groups attached to an aromatic ring is 1. The van der Waals surface area contributed by atoms with Gasteiger partial charge in [0.25, 0.3) is 0 Å². The van der Waals surface area contributed by atoms with E-state index in [0.717, 1.165) is 6.07 Å². The summed E-state index contributed by atoms with van der Waals surface area (Å²) in [4.78, 5) is 21.8. The molecule has 0 unspecified atom stereocenters. The molecule has 1 aliphatic heterocycles. The maximum atomic E-state index is 13.2. The van der Waals surface area contributed by atoms with Crippen LogP contribution in [0.15, 0.2) is 36.5 Å². The number of rotatable bonds is 6. The third-order valence-electron chi connectivity index (χ3n) is 4.73. The summed E-state index contributed by atoms with van der Waals surface area (Å²) in [7, 11) is 0. The summed E-state index contributed by atoms with van der Waals surface area (Å²) in [5, 5.41) is 9.49. The highest BCUT2D eigenvalue weighted by Crippen LogP contribution is 2.40. The maximum absolute atomic E-state index is 13.2. The molecule has 11 nitrogen and oxygen atoms in total. The molecule has 1 saturated heterocycles. The van der Waals surface area contributed by atoms with Crippen LogP contribution in [0.3, 0.4) is 0 Å². The van der Waals surface area contributed by atoms with E-state index in [9.17, 15) is 18.0 Å². The van der Waals surface area contributed by atoms with Gasteiger partial charge in [0.15, 0.2) is 11.6 Å². The Labute approximate surface area is 191 Å². The molecular formula is C20H21F3N8O3. The number of anilines is 5. The molecule has 0 aliphatic carbocycles. The van der Waals surface area contributed by atoms with Crippen LogP contribution in [-0.2, 0) is 9.53 Å². The molecule has 4 rings (SSSR count). The fourth-order valence-electron chi connectivity index (χ4n) is 3.38. The number of morpholine rings is 1. The van der Waals surface area contributed by atoms with E-state index in [4.69, 9.17) is 10.5 Å². The largest absolute Gasteiger partial charge is 0.573 e. The van der Waals surface area contributed by atoms with Crippen LogP contribution < -0.4 is 26.0 Å². The van der Waals surface area contributed by atoms with Gasteiger partial charge in [0.2, 0.25) is 17.8 Å². The van der Waals surface area contributed by atoms with Gasteiger partial charge in [0.1, 0.15) is 0 Å². The molecule has 0 saturated carbocycles. The standard InChI is InChI=1S/C20H21F3N8O3/c1-12(32)26-13-11-16(34-20(21,22)23)14(10-15(13)30-6-8-33-9-7-30)27-19-28-18(24)31(29-19)17-4-2-3-5-25-17/h2-5,10-11H,6-9H2,1H3,(H,26,32)(H3,24,27,28,29). The Morgan fingerprint density at radius 3 is 2.62 bits per heavy atom. The molecule has 3 heterocycles. The van der Waals surface area contributed by atoms with Crippen molar-refractivity contribution in [2.75, 3.05) is 47.6 Å². The van der Waals surface area contributed by atoms with Gasteiger partial charge in [-0.3, -0.25) is 4.79 Å². The van der Waals surface area contributed by atoms with Crippen molar-refractivity contribution >= 4 is 34.9 Å². The van der Waals surface area contributed by atoms with E-state index in [-0.39, 0.29) is 23.3 Å². The molecule has 14 heteroatoms. The van der Waals surface area contributed by atoms with Gasteiger partial charge >= 0.3 is 6.36 Å². The number of nitrogens with one attached hydrogen (secondary N) is 2. The number of nitrogens with zero attached hydrogens (tertiary/aromatic N) is 5. The Balaban J connectivity index is 1.76. The van der Waals surface area contributed by atoms with Crippen LogP contribution in [0.5, 0.6) is 5.75 Å². The number of carbonyl (C=O) groups is 1. The Hall–Kier alpha value is -4.07. The van der Waals surface area contributed by atoms with E-state index < -0.39 is 18.0 Å². The van der Waals surface area contributed by atoms with Gasteiger partial charge < -0.3 is 30.7 Å². The highest BCUT2D eigenvalue weighted by molar-refractivity contribution is 5.95. The number of amides is 1. The van der Waals surface area contributed by atoms with E-state index >= 15 is 0 Å². The molecule has 1 fully saturated rings. The molecule has 4 N–H and O–H groups in total. The van der Waals surface area contributed by atoms with Gasteiger partial charge in [-0.15, -0.1) is 18.3 Å². The molecule has 0 bridgehead atoms. The van der Waals surface area contributed by atoms with Crippen LogP contribution in [0, 0.1) is 0 Å². The Morgan fingerprint density at radius 1 is 1.21 bits per heavy atom. The fraction of sp³-hybridized carbons (Fsp3) is 0.300. The topological polar surface area (TPSA) is 132 Å². The number of nitrogens with two attached hydrogens (primary N) is 1. The maximum Gasteiger partial charge on any atom is 0.573 e. The van der Waals surface area contributed by atoms with Crippen molar-refractivity contribution in [1.29, 1.82) is 0 Å². The molecular weight excluding hydrogens is 457 g/mol. The second-order valence-corrected chi connectivity index (χ2v) is 7.21. The predicted octanol–water partition coefficient (Wildman–Crippen LogP) is 2.68. The first kappa shape index (κ1) is 23.1. The summed E-state index contributed by atoms with van der Waals surface area (Å²) in [5.41, 5.74) is 6.48. The number of alkyl halides is 3. The van der Waals surface area contributed by atoms with Gasteiger partial charge in [-0.05, 0) is 18.2 Å². The molecule has 34 heavy (non-hydrogen) atoms. The minimum Gasteiger partial charge on any atom is -0.403 e. The molecule has 2 aromatic heterocycles.